The van der Waals surface area contributed by atoms with Crippen LogP contribution in [-0.2, 0) is 4.79 Å². The van der Waals surface area contributed by atoms with E-state index in [1.54, 1.807) is 4.52 Å². The average molecular weight is 376 g/mol. The third-order valence-electron chi connectivity index (χ3n) is 4.34. The Morgan fingerprint density at radius 2 is 2.08 bits per heavy atom. The summed E-state index contributed by atoms with van der Waals surface area (Å²) >= 11 is 7.37. The maximum atomic E-state index is 12.4. The van der Waals surface area contributed by atoms with Crippen LogP contribution in [0.3, 0.4) is 0 Å². The van der Waals surface area contributed by atoms with Crippen LogP contribution >= 0.6 is 22.9 Å². The molecule has 1 atom stereocenters. The van der Waals surface area contributed by atoms with Gasteiger partial charge in [0.1, 0.15) is 6.04 Å². The number of anilines is 1. The Morgan fingerprint density at radius 3 is 2.72 bits per heavy atom. The Balaban J connectivity index is 1.52. The number of carbonyl (C=O) groups is 1. The second-order valence-corrected chi connectivity index (χ2v) is 7.77. The van der Waals surface area contributed by atoms with Crippen molar-refractivity contribution in [1.29, 1.82) is 0 Å². The summed E-state index contributed by atoms with van der Waals surface area (Å²) in [4.78, 5) is 19.7. The molecule has 3 heterocycles. The normalized spacial score (nSPS) is 17.8. The molecule has 1 aromatic carbocycles. The Labute approximate surface area is 154 Å². The van der Waals surface area contributed by atoms with E-state index in [9.17, 15) is 4.79 Å². The smallest absolute Gasteiger partial charge is 0.245 e. The first kappa shape index (κ1) is 16.4. The fourth-order valence-corrected chi connectivity index (χ4v) is 3.98. The van der Waals surface area contributed by atoms with Gasteiger partial charge in [-0.25, -0.2) is 9.50 Å². The fraction of sp³-hybridized carbons (Fsp3) is 0.353. The average Bonchev–Trinajstić information content (AvgIpc) is 3.22. The first-order valence-electron chi connectivity index (χ1n) is 8.20. The molecule has 0 spiro atoms. The molecule has 0 aliphatic carbocycles. The van der Waals surface area contributed by atoms with Crippen molar-refractivity contribution in [3.8, 4) is 11.3 Å². The molecule has 1 aliphatic heterocycles. The van der Waals surface area contributed by atoms with Crippen LogP contribution in [0.2, 0.25) is 5.02 Å². The van der Waals surface area contributed by atoms with Gasteiger partial charge in [-0.2, -0.15) is 0 Å². The molecular formula is C17H18ClN5OS. The maximum absolute atomic E-state index is 12.4. The van der Waals surface area contributed by atoms with E-state index in [1.807, 2.05) is 49.2 Å². The van der Waals surface area contributed by atoms with Gasteiger partial charge in [-0.15, -0.1) is 5.10 Å². The molecule has 6 nitrogen and oxygen atoms in total. The minimum Gasteiger partial charge on any atom is -0.348 e. The van der Waals surface area contributed by atoms with Gasteiger partial charge in [-0.3, -0.25) is 4.79 Å². The predicted molar refractivity (Wildman–Crippen MR) is 100 cm³/mol. The van der Waals surface area contributed by atoms with Crippen molar-refractivity contribution in [2.45, 2.75) is 32.4 Å². The highest BCUT2D eigenvalue weighted by molar-refractivity contribution is 7.20. The molecule has 4 rings (SSSR count). The maximum Gasteiger partial charge on any atom is 0.245 e. The molecule has 0 radical (unpaired) electrons. The first-order chi connectivity index (χ1) is 12.0. The molecule has 0 saturated carbocycles. The van der Waals surface area contributed by atoms with Crippen molar-refractivity contribution in [2.24, 2.45) is 0 Å². The summed E-state index contributed by atoms with van der Waals surface area (Å²) in [7, 11) is 0. The zero-order valence-corrected chi connectivity index (χ0v) is 15.5. The summed E-state index contributed by atoms with van der Waals surface area (Å²) in [5.74, 6) is 0.143. The number of carbonyl (C=O) groups excluding carboxylic acids is 1. The van der Waals surface area contributed by atoms with E-state index in [0.717, 1.165) is 29.2 Å². The van der Waals surface area contributed by atoms with E-state index in [4.69, 9.17) is 11.6 Å². The summed E-state index contributed by atoms with van der Waals surface area (Å²) in [6.07, 6.45) is 2.69. The van der Waals surface area contributed by atoms with E-state index in [-0.39, 0.29) is 18.0 Å². The zero-order chi connectivity index (χ0) is 17.6. The van der Waals surface area contributed by atoms with Crippen molar-refractivity contribution in [3.05, 3.63) is 35.5 Å². The minimum absolute atomic E-state index is 0.143. The van der Waals surface area contributed by atoms with Crippen molar-refractivity contribution < 1.29 is 4.79 Å². The standard InChI is InChI=1S/C17H18ClN5OS/c1-10(2)22-8-7-13(15(22)24)19-16-21-23-9-14(20-17(23)25-16)11-3-5-12(18)6-4-11/h3-6,9-10,13H,7-8H2,1-2H3,(H,19,21). The van der Waals surface area contributed by atoms with E-state index in [0.29, 0.717) is 10.2 Å². The topological polar surface area (TPSA) is 62.5 Å². The van der Waals surface area contributed by atoms with Crippen LogP contribution in [0.15, 0.2) is 30.5 Å². The van der Waals surface area contributed by atoms with Gasteiger partial charge >= 0.3 is 0 Å². The van der Waals surface area contributed by atoms with Crippen molar-refractivity contribution in [1.82, 2.24) is 19.5 Å². The van der Waals surface area contributed by atoms with Gasteiger partial charge in [-0.1, -0.05) is 35.1 Å². The molecule has 8 heteroatoms. The summed E-state index contributed by atoms with van der Waals surface area (Å²) in [5, 5.41) is 9.18. The van der Waals surface area contributed by atoms with Crippen LogP contribution in [0.1, 0.15) is 20.3 Å². The number of halogens is 1. The summed E-state index contributed by atoms with van der Waals surface area (Å²) in [6, 6.07) is 7.59. The number of likely N-dealkylation sites (tertiary alicyclic amines) is 1. The SMILES string of the molecule is CC(C)N1CCC(Nc2nn3cc(-c4ccc(Cl)cc4)nc3s2)C1=O. The number of nitrogens with zero attached hydrogens (tertiary/aromatic N) is 4. The Bertz CT molecular complexity index is 885. The van der Waals surface area contributed by atoms with E-state index >= 15 is 0 Å². The minimum atomic E-state index is -0.200. The van der Waals surface area contributed by atoms with Gasteiger partial charge in [0.2, 0.25) is 16.0 Å². The van der Waals surface area contributed by atoms with E-state index in [1.165, 1.54) is 11.3 Å². The molecule has 1 amide bonds. The molecule has 2 aromatic heterocycles. The lowest BCUT2D eigenvalue weighted by Gasteiger charge is -2.20. The second kappa shape index (κ2) is 6.31. The highest BCUT2D eigenvalue weighted by atomic mass is 35.5. The molecular weight excluding hydrogens is 358 g/mol. The lowest BCUT2D eigenvalue weighted by molar-refractivity contribution is -0.129. The lowest BCUT2D eigenvalue weighted by Crippen LogP contribution is -2.37. The van der Waals surface area contributed by atoms with Crippen LogP contribution in [-0.4, -0.2) is 44.0 Å². The Kier molecular flexibility index (Phi) is 4.13. The number of nitrogens with one attached hydrogen (secondary N) is 1. The predicted octanol–water partition coefficient (Wildman–Crippen LogP) is 3.53. The van der Waals surface area contributed by atoms with E-state index in [2.05, 4.69) is 15.4 Å². The number of amides is 1. The van der Waals surface area contributed by atoms with Crippen LogP contribution in [0, 0.1) is 0 Å². The van der Waals surface area contributed by atoms with Gasteiger partial charge in [0, 0.05) is 23.2 Å². The number of hydrogen-bond acceptors (Lipinski definition) is 5. The van der Waals surface area contributed by atoms with Crippen molar-refractivity contribution in [3.63, 3.8) is 0 Å². The zero-order valence-electron chi connectivity index (χ0n) is 13.9. The fourth-order valence-electron chi connectivity index (χ4n) is 3.02. The van der Waals surface area contributed by atoms with E-state index < -0.39 is 0 Å². The molecule has 1 N–H and O–H groups in total. The Hall–Kier alpha value is -2.12. The number of aromatic nitrogens is 3. The number of hydrogen-bond donors (Lipinski definition) is 1. The molecule has 1 fully saturated rings. The number of fused-ring (bicyclic) bond motifs is 1. The third kappa shape index (κ3) is 3.09. The molecule has 0 bridgehead atoms. The van der Waals surface area contributed by atoms with Crippen LogP contribution in [0.4, 0.5) is 5.13 Å². The molecule has 1 aliphatic rings. The molecule has 25 heavy (non-hydrogen) atoms. The van der Waals surface area contributed by atoms with Gasteiger partial charge in [0.15, 0.2) is 0 Å². The molecule has 3 aromatic rings. The second-order valence-electron chi connectivity index (χ2n) is 6.38. The molecule has 130 valence electrons. The van der Waals surface area contributed by atoms with Crippen LogP contribution in [0.5, 0.6) is 0 Å². The van der Waals surface area contributed by atoms with Crippen LogP contribution in [0.25, 0.3) is 16.2 Å². The van der Waals surface area contributed by atoms with Gasteiger partial charge in [-0.05, 0) is 32.4 Å². The highest BCUT2D eigenvalue weighted by Crippen LogP contribution is 2.27. The summed E-state index contributed by atoms with van der Waals surface area (Å²) in [5.41, 5.74) is 1.85. The number of rotatable bonds is 4. The lowest BCUT2D eigenvalue weighted by atomic mass is 10.2. The van der Waals surface area contributed by atoms with Gasteiger partial charge in [0.25, 0.3) is 0 Å². The number of benzene rings is 1. The van der Waals surface area contributed by atoms with Crippen molar-refractivity contribution >= 4 is 38.9 Å². The Morgan fingerprint density at radius 1 is 1.32 bits per heavy atom. The van der Waals surface area contributed by atoms with Gasteiger partial charge in [0.05, 0.1) is 11.9 Å². The largest absolute Gasteiger partial charge is 0.348 e. The van der Waals surface area contributed by atoms with Gasteiger partial charge < -0.3 is 10.2 Å². The number of imidazole rings is 1. The summed E-state index contributed by atoms with van der Waals surface area (Å²) in [6.45, 7) is 4.86. The molecule has 1 unspecified atom stereocenters. The van der Waals surface area contributed by atoms with Crippen molar-refractivity contribution in [2.75, 3.05) is 11.9 Å². The third-order valence-corrected chi connectivity index (χ3v) is 5.45. The quantitative estimate of drug-likeness (QED) is 0.757. The summed E-state index contributed by atoms with van der Waals surface area (Å²) < 4.78 is 1.75. The molecule has 1 saturated heterocycles. The monoisotopic (exact) mass is 375 g/mol. The first-order valence-corrected chi connectivity index (χ1v) is 9.40. The van der Waals surface area contributed by atoms with Crippen LogP contribution < -0.4 is 5.32 Å². The highest BCUT2D eigenvalue weighted by Gasteiger charge is 2.33.